The van der Waals surface area contributed by atoms with Gasteiger partial charge in [0.2, 0.25) is 0 Å². The molecule has 1 fully saturated rings. The number of methoxy groups -OCH3 is 1. The zero-order valence-corrected chi connectivity index (χ0v) is 20.1. The highest BCUT2D eigenvalue weighted by atomic mass is 79.9. The monoisotopic (exact) mass is 512 g/mol. The molecule has 33 heavy (non-hydrogen) atoms. The molecular weight excluding hydrogens is 488 g/mol. The number of carbonyl (C=O) groups is 3. The Kier molecular flexibility index (Phi) is 6.78. The summed E-state index contributed by atoms with van der Waals surface area (Å²) in [6.45, 7) is 2.86. The molecule has 0 aliphatic carbocycles. The van der Waals surface area contributed by atoms with Crippen molar-refractivity contribution in [2.45, 2.75) is 19.4 Å². The van der Waals surface area contributed by atoms with E-state index in [2.05, 4.69) is 21.0 Å². The molecule has 3 amide bonds. The van der Waals surface area contributed by atoms with Crippen molar-refractivity contribution in [3.05, 3.63) is 64.1 Å². The summed E-state index contributed by atoms with van der Waals surface area (Å²) in [5.74, 6) is -0.812. The van der Waals surface area contributed by atoms with Crippen molar-refractivity contribution < 1.29 is 19.1 Å². The number of rotatable bonds is 6. The van der Waals surface area contributed by atoms with Crippen molar-refractivity contribution in [3.63, 3.8) is 0 Å². The molecular formula is C24H25BrN4O4. The first-order valence-electron chi connectivity index (χ1n) is 10.8. The summed E-state index contributed by atoms with van der Waals surface area (Å²) in [5.41, 5.74) is 2.63. The number of likely N-dealkylation sites (N-methyl/N-ethyl adjacent to an activating group) is 1. The van der Waals surface area contributed by atoms with E-state index in [0.29, 0.717) is 26.1 Å². The van der Waals surface area contributed by atoms with Gasteiger partial charge in [0, 0.05) is 30.5 Å². The Morgan fingerprint density at radius 3 is 2.30 bits per heavy atom. The highest BCUT2D eigenvalue weighted by Crippen LogP contribution is 2.34. The van der Waals surface area contributed by atoms with Crippen LogP contribution < -0.4 is 4.74 Å². The van der Waals surface area contributed by atoms with E-state index in [1.165, 1.54) is 14.8 Å². The van der Waals surface area contributed by atoms with E-state index in [1.807, 2.05) is 55.5 Å². The summed E-state index contributed by atoms with van der Waals surface area (Å²) in [5, 5.41) is 6.10. The Balaban J connectivity index is 1.59. The van der Waals surface area contributed by atoms with Crippen LogP contribution in [0.5, 0.6) is 5.75 Å². The molecule has 8 nitrogen and oxygen atoms in total. The molecule has 1 saturated heterocycles. The van der Waals surface area contributed by atoms with Gasteiger partial charge < -0.3 is 14.5 Å². The van der Waals surface area contributed by atoms with Crippen LogP contribution in [-0.4, -0.2) is 71.5 Å². The van der Waals surface area contributed by atoms with Crippen molar-refractivity contribution in [3.8, 4) is 5.75 Å². The molecule has 2 aromatic carbocycles. The standard InChI is InChI=1S/C24H25BrN4O4/c1-3-27-12-13-28(24(32)23(27)31)15-22(30)29-21(17-6-10-19(33-2)11-7-17)14-20(26-29)16-4-8-18(25)9-5-16/h4-11,21H,3,12-15H2,1-2H3/t21-/m1/s1. The molecule has 0 bridgehead atoms. The average Bonchev–Trinajstić information content (AvgIpc) is 3.28. The first kappa shape index (κ1) is 23.0. The molecule has 1 atom stereocenters. The summed E-state index contributed by atoms with van der Waals surface area (Å²) in [6, 6.07) is 15.0. The molecule has 2 aromatic rings. The smallest absolute Gasteiger partial charge is 0.312 e. The van der Waals surface area contributed by atoms with Crippen molar-refractivity contribution in [1.82, 2.24) is 14.8 Å². The minimum absolute atomic E-state index is 0.189. The molecule has 2 heterocycles. The van der Waals surface area contributed by atoms with Crippen LogP contribution in [0.4, 0.5) is 0 Å². The normalized spacial score (nSPS) is 18.6. The topological polar surface area (TPSA) is 82.5 Å². The lowest BCUT2D eigenvalue weighted by molar-refractivity contribution is -0.157. The Labute approximate surface area is 200 Å². The molecule has 0 radical (unpaired) electrons. The Morgan fingerprint density at radius 1 is 1.03 bits per heavy atom. The molecule has 2 aliphatic rings. The van der Waals surface area contributed by atoms with Crippen LogP contribution in [0.2, 0.25) is 0 Å². The predicted octanol–water partition coefficient (Wildman–Crippen LogP) is 2.83. The second-order valence-corrected chi connectivity index (χ2v) is 8.81. The van der Waals surface area contributed by atoms with Gasteiger partial charge in [0.1, 0.15) is 12.3 Å². The van der Waals surface area contributed by atoms with Gasteiger partial charge in [-0.25, -0.2) is 5.01 Å². The summed E-state index contributed by atoms with van der Waals surface area (Å²) < 4.78 is 6.21. The molecule has 172 valence electrons. The van der Waals surface area contributed by atoms with E-state index >= 15 is 0 Å². The van der Waals surface area contributed by atoms with Gasteiger partial charge in [0.05, 0.1) is 18.9 Å². The van der Waals surface area contributed by atoms with Crippen LogP contribution in [0.3, 0.4) is 0 Å². The van der Waals surface area contributed by atoms with Crippen LogP contribution in [0.25, 0.3) is 0 Å². The second kappa shape index (κ2) is 9.74. The third-order valence-corrected chi connectivity index (χ3v) is 6.48. The molecule has 9 heteroatoms. The highest BCUT2D eigenvalue weighted by molar-refractivity contribution is 9.10. The number of amides is 3. The zero-order chi connectivity index (χ0) is 23.5. The maximum Gasteiger partial charge on any atom is 0.312 e. The van der Waals surface area contributed by atoms with Crippen LogP contribution in [0.1, 0.15) is 30.5 Å². The minimum atomic E-state index is -0.645. The summed E-state index contributed by atoms with van der Waals surface area (Å²) in [7, 11) is 1.60. The van der Waals surface area contributed by atoms with E-state index in [4.69, 9.17) is 4.74 Å². The van der Waals surface area contributed by atoms with Crippen LogP contribution >= 0.6 is 15.9 Å². The van der Waals surface area contributed by atoms with Gasteiger partial charge in [-0.3, -0.25) is 14.4 Å². The van der Waals surface area contributed by atoms with Gasteiger partial charge in [0.15, 0.2) is 0 Å². The Morgan fingerprint density at radius 2 is 1.67 bits per heavy atom. The molecule has 0 N–H and O–H groups in total. The van der Waals surface area contributed by atoms with E-state index in [-0.39, 0.29) is 18.5 Å². The quantitative estimate of drug-likeness (QED) is 0.557. The van der Waals surface area contributed by atoms with Gasteiger partial charge in [-0.05, 0) is 42.3 Å². The summed E-state index contributed by atoms with van der Waals surface area (Å²) in [6.07, 6.45) is 0.538. The summed E-state index contributed by atoms with van der Waals surface area (Å²) in [4.78, 5) is 40.9. The molecule has 0 spiro atoms. The lowest BCUT2D eigenvalue weighted by Crippen LogP contribution is -2.56. The second-order valence-electron chi connectivity index (χ2n) is 7.90. The van der Waals surface area contributed by atoms with Crippen molar-refractivity contribution in [2.24, 2.45) is 5.10 Å². The number of carbonyl (C=O) groups excluding carboxylic acids is 3. The number of hydrogen-bond donors (Lipinski definition) is 0. The van der Waals surface area contributed by atoms with Gasteiger partial charge in [-0.1, -0.05) is 40.2 Å². The van der Waals surface area contributed by atoms with Crippen molar-refractivity contribution in [2.75, 3.05) is 33.3 Å². The first-order chi connectivity index (χ1) is 15.9. The zero-order valence-electron chi connectivity index (χ0n) is 18.5. The number of benzene rings is 2. The lowest BCUT2D eigenvalue weighted by Gasteiger charge is -2.33. The fraction of sp³-hybridized carbons (Fsp3) is 0.333. The number of hydrogen-bond acceptors (Lipinski definition) is 5. The number of nitrogens with zero attached hydrogens (tertiary/aromatic N) is 4. The Hall–Kier alpha value is -3.20. The van der Waals surface area contributed by atoms with Crippen molar-refractivity contribution in [1.29, 1.82) is 0 Å². The first-order valence-corrected chi connectivity index (χ1v) is 11.6. The van der Waals surface area contributed by atoms with Crippen LogP contribution in [-0.2, 0) is 14.4 Å². The summed E-state index contributed by atoms with van der Waals surface area (Å²) >= 11 is 3.44. The average molecular weight is 513 g/mol. The third kappa shape index (κ3) is 4.78. The molecule has 0 saturated carbocycles. The molecule has 0 unspecified atom stereocenters. The van der Waals surface area contributed by atoms with Gasteiger partial charge in [-0.15, -0.1) is 0 Å². The molecule has 4 rings (SSSR count). The van der Waals surface area contributed by atoms with Crippen molar-refractivity contribution >= 4 is 39.4 Å². The van der Waals surface area contributed by atoms with E-state index in [0.717, 1.165) is 27.1 Å². The fourth-order valence-electron chi connectivity index (χ4n) is 4.05. The molecule has 2 aliphatic heterocycles. The molecule has 0 aromatic heterocycles. The number of halogens is 1. The largest absolute Gasteiger partial charge is 0.497 e. The SMILES string of the molecule is CCN1CCN(CC(=O)N2N=C(c3ccc(Br)cc3)C[C@@H]2c2ccc(OC)cc2)C(=O)C1=O. The lowest BCUT2D eigenvalue weighted by atomic mass is 9.98. The van der Waals surface area contributed by atoms with Gasteiger partial charge >= 0.3 is 11.8 Å². The van der Waals surface area contributed by atoms with E-state index in [9.17, 15) is 14.4 Å². The number of piperazine rings is 1. The van der Waals surface area contributed by atoms with E-state index < -0.39 is 11.8 Å². The van der Waals surface area contributed by atoms with Gasteiger partial charge in [0.25, 0.3) is 5.91 Å². The maximum absolute atomic E-state index is 13.3. The minimum Gasteiger partial charge on any atom is -0.497 e. The third-order valence-electron chi connectivity index (χ3n) is 5.95. The van der Waals surface area contributed by atoms with Gasteiger partial charge in [-0.2, -0.15) is 5.10 Å². The van der Waals surface area contributed by atoms with Crippen LogP contribution in [0.15, 0.2) is 58.1 Å². The predicted molar refractivity (Wildman–Crippen MR) is 127 cm³/mol. The maximum atomic E-state index is 13.3. The number of ether oxygens (including phenoxy) is 1. The number of hydrazone groups is 1. The fourth-order valence-corrected chi connectivity index (χ4v) is 4.31. The highest BCUT2D eigenvalue weighted by Gasteiger charge is 2.37. The Bertz CT molecular complexity index is 1080. The van der Waals surface area contributed by atoms with E-state index in [1.54, 1.807) is 7.11 Å². The van der Waals surface area contributed by atoms with Crippen LogP contribution in [0, 0.1) is 0 Å².